The standard InChI is InChI=1S/C18H20N4O2S/c1-14-6-8-15(9-7-14)25(23,24)22-17-5-3-2-4-16(17)18(20-22)21-12-10-19-11-13-21/h2-9,19H,10-13H2,1H3. The van der Waals surface area contributed by atoms with Crippen LogP contribution in [-0.4, -0.2) is 43.8 Å². The van der Waals surface area contributed by atoms with E-state index in [-0.39, 0.29) is 4.90 Å². The van der Waals surface area contributed by atoms with Gasteiger partial charge in [-0.1, -0.05) is 29.8 Å². The lowest BCUT2D eigenvalue weighted by Crippen LogP contribution is -2.43. The van der Waals surface area contributed by atoms with E-state index in [1.807, 2.05) is 25.1 Å². The van der Waals surface area contributed by atoms with Crippen LogP contribution in [0.1, 0.15) is 5.56 Å². The minimum absolute atomic E-state index is 0.248. The molecule has 3 aromatic rings. The van der Waals surface area contributed by atoms with Crippen LogP contribution in [0.3, 0.4) is 0 Å². The van der Waals surface area contributed by atoms with E-state index in [1.165, 1.54) is 4.09 Å². The maximum atomic E-state index is 13.1. The molecule has 0 radical (unpaired) electrons. The summed E-state index contributed by atoms with van der Waals surface area (Å²) in [4.78, 5) is 2.39. The quantitative estimate of drug-likeness (QED) is 0.777. The molecule has 0 spiro atoms. The minimum atomic E-state index is -3.74. The molecule has 1 N–H and O–H groups in total. The molecule has 1 saturated heterocycles. The molecule has 130 valence electrons. The fourth-order valence-corrected chi connectivity index (χ4v) is 4.41. The molecule has 7 heteroatoms. The number of piperazine rings is 1. The molecule has 1 fully saturated rings. The van der Waals surface area contributed by atoms with Gasteiger partial charge >= 0.3 is 0 Å². The molecule has 1 aliphatic heterocycles. The molecule has 4 rings (SSSR count). The molecular formula is C18H20N4O2S. The Bertz CT molecular complexity index is 1000. The van der Waals surface area contributed by atoms with Crippen LogP contribution in [0.5, 0.6) is 0 Å². The second-order valence-electron chi connectivity index (χ2n) is 6.24. The number of hydrogen-bond acceptors (Lipinski definition) is 5. The first kappa shape index (κ1) is 16.1. The van der Waals surface area contributed by atoms with E-state index in [4.69, 9.17) is 0 Å². The molecule has 0 bridgehead atoms. The number of fused-ring (bicyclic) bond motifs is 1. The largest absolute Gasteiger partial charge is 0.352 e. The summed E-state index contributed by atoms with van der Waals surface area (Å²) in [6, 6.07) is 14.4. The van der Waals surface area contributed by atoms with Gasteiger partial charge in [-0.3, -0.25) is 0 Å². The highest BCUT2D eigenvalue weighted by molar-refractivity contribution is 7.90. The highest BCUT2D eigenvalue weighted by Crippen LogP contribution is 2.29. The lowest BCUT2D eigenvalue weighted by Gasteiger charge is -2.27. The van der Waals surface area contributed by atoms with Crippen molar-refractivity contribution in [1.29, 1.82) is 0 Å². The van der Waals surface area contributed by atoms with Crippen LogP contribution in [-0.2, 0) is 10.0 Å². The zero-order valence-corrected chi connectivity index (χ0v) is 14.8. The first-order valence-corrected chi connectivity index (χ1v) is 9.77. The van der Waals surface area contributed by atoms with Crippen molar-refractivity contribution in [3.63, 3.8) is 0 Å². The number of para-hydroxylation sites is 1. The second kappa shape index (κ2) is 6.16. The zero-order valence-electron chi connectivity index (χ0n) is 14.0. The first-order chi connectivity index (χ1) is 12.1. The third kappa shape index (κ3) is 2.79. The number of nitrogens with zero attached hydrogens (tertiary/aromatic N) is 3. The van der Waals surface area contributed by atoms with Crippen molar-refractivity contribution in [3.05, 3.63) is 54.1 Å². The molecule has 0 saturated carbocycles. The first-order valence-electron chi connectivity index (χ1n) is 8.33. The van der Waals surface area contributed by atoms with E-state index in [2.05, 4.69) is 15.3 Å². The number of hydrogen-bond donors (Lipinski definition) is 1. The second-order valence-corrected chi connectivity index (χ2v) is 8.01. The van der Waals surface area contributed by atoms with Gasteiger partial charge in [0, 0.05) is 31.6 Å². The summed E-state index contributed by atoms with van der Waals surface area (Å²) >= 11 is 0. The van der Waals surface area contributed by atoms with Gasteiger partial charge in [-0.2, -0.15) is 12.5 Å². The van der Waals surface area contributed by atoms with Crippen molar-refractivity contribution in [1.82, 2.24) is 14.5 Å². The number of rotatable bonds is 3. The Morgan fingerprint density at radius 3 is 2.40 bits per heavy atom. The molecule has 2 heterocycles. The van der Waals surface area contributed by atoms with Gasteiger partial charge < -0.3 is 10.2 Å². The number of aromatic nitrogens is 2. The van der Waals surface area contributed by atoms with E-state index in [0.29, 0.717) is 5.52 Å². The van der Waals surface area contributed by atoms with Crippen LogP contribution in [0, 0.1) is 6.92 Å². The topological polar surface area (TPSA) is 67.2 Å². The number of benzene rings is 2. The Morgan fingerprint density at radius 1 is 1.00 bits per heavy atom. The normalized spacial score (nSPS) is 15.6. The van der Waals surface area contributed by atoms with Gasteiger partial charge in [-0.05, 0) is 31.2 Å². The van der Waals surface area contributed by atoms with Gasteiger partial charge in [-0.15, -0.1) is 5.10 Å². The van der Waals surface area contributed by atoms with Crippen molar-refractivity contribution in [3.8, 4) is 0 Å². The molecular weight excluding hydrogens is 336 g/mol. The predicted octanol–water partition coefficient (Wildman–Crippen LogP) is 1.99. The SMILES string of the molecule is Cc1ccc(S(=O)(=O)n2nc(N3CCNCC3)c3ccccc32)cc1. The Hall–Kier alpha value is -2.38. The summed E-state index contributed by atoms with van der Waals surface area (Å²) in [5.41, 5.74) is 1.63. The van der Waals surface area contributed by atoms with E-state index in [9.17, 15) is 8.42 Å². The van der Waals surface area contributed by atoms with Crippen molar-refractivity contribution < 1.29 is 8.42 Å². The van der Waals surface area contributed by atoms with Crippen molar-refractivity contribution >= 4 is 26.7 Å². The number of nitrogens with one attached hydrogen (secondary N) is 1. The predicted molar refractivity (Wildman–Crippen MR) is 98.6 cm³/mol. The van der Waals surface area contributed by atoms with Crippen LogP contribution in [0.4, 0.5) is 5.82 Å². The summed E-state index contributed by atoms with van der Waals surface area (Å²) in [6.07, 6.45) is 0. The van der Waals surface area contributed by atoms with Crippen LogP contribution >= 0.6 is 0 Å². The van der Waals surface area contributed by atoms with E-state index in [0.717, 1.165) is 42.9 Å². The maximum Gasteiger partial charge on any atom is 0.283 e. The summed E-state index contributed by atoms with van der Waals surface area (Å²) in [5.74, 6) is 0.729. The molecule has 0 aliphatic carbocycles. The molecule has 0 amide bonds. The van der Waals surface area contributed by atoms with Gasteiger partial charge in [0.1, 0.15) is 0 Å². The Kier molecular flexibility index (Phi) is 3.97. The average molecular weight is 356 g/mol. The highest BCUT2D eigenvalue weighted by atomic mass is 32.2. The summed E-state index contributed by atoms with van der Waals surface area (Å²) in [5, 5.41) is 8.68. The molecule has 1 aromatic heterocycles. The molecule has 25 heavy (non-hydrogen) atoms. The third-order valence-corrected chi connectivity index (χ3v) is 6.10. The fourth-order valence-electron chi connectivity index (χ4n) is 3.13. The van der Waals surface area contributed by atoms with Crippen molar-refractivity contribution in [2.45, 2.75) is 11.8 Å². The van der Waals surface area contributed by atoms with Gasteiger partial charge in [0.2, 0.25) is 0 Å². The Labute approximate surface area is 147 Å². The number of aryl methyl sites for hydroxylation is 1. The molecule has 0 atom stereocenters. The van der Waals surface area contributed by atoms with E-state index < -0.39 is 10.0 Å². The van der Waals surface area contributed by atoms with Gasteiger partial charge in [0.15, 0.2) is 5.82 Å². The summed E-state index contributed by atoms with van der Waals surface area (Å²) < 4.78 is 27.4. The van der Waals surface area contributed by atoms with Crippen LogP contribution in [0.15, 0.2) is 53.4 Å². The molecule has 2 aromatic carbocycles. The van der Waals surface area contributed by atoms with E-state index >= 15 is 0 Å². The Morgan fingerprint density at radius 2 is 1.68 bits per heavy atom. The van der Waals surface area contributed by atoms with Crippen molar-refractivity contribution in [2.24, 2.45) is 0 Å². The molecule has 1 aliphatic rings. The fraction of sp³-hybridized carbons (Fsp3) is 0.278. The number of anilines is 1. The third-order valence-electron chi connectivity index (χ3n) is 4.50. The van der Waals surface area contributed by atoms with Crippen LogP contribution in [0.25, 0.3) is 10.9 Å². The van der Waals surface area contributed by atoms with Gasteiger partial charge in [0.05, 0.1) is 10.4 Å². The minimum Gasteiger partial charge on any atom is -0.352 e. The molecule has 0 unspecified atom stereocenters. The smallest absolute Gasteiger partial charge is 0.283 e. The summed E-state index contributed by atoms with van der Waals surface area (Å²) in [6.45, 7) is 5.29. The average Bonchev–Trinajstić information content (AvgIpc) is 3.03. The van der Waals surface area contributed by atoms with E-state index in [1.54, 1.807) is 30.3 Å². The monoisotopic (exact) mass is 356 g/mol. The lowest BCUT2D eigenvalue weighted by atomic mass is 10.2. The van der Waals surface area contributed by atoms with Gasteiger partial charge in [0.25, 0.3) is 10.0 Å². The molecule has 6 nitrogen and oxygen atoms in total. The van der Waals surface area contributed by atoms with Gasteiger partial charge in [-0.25, -0.2) is 0 Å². The Balaban J connectivity index is 1.88. The zero-order chi connectivity index (χ0) is 17.4. The maximum absolute atomic E-state index is 13.1. The lowest BCUT2D eigenvalue weighted by molar-refractivity contribution is 0.574. The summed E-state index contributed by atoms with van der Waals surface area (Å²) in [7, 11) is -3.74. The van der Waals surface area contributed by atoms with Crippen LogP contribution in [0.2, 0.25) is 0 Å². The highest BCUT2D eigenvalue weighted by Gasteiger charge is 2.25. The van der Waals surface area contributed by atoms with Crippen molar-refractivity contribution in [2.75, 3.05) is 31.1 Å². The van der Waals surface area contributed by atoms with Crippen LogP contribution < -0.4 is 10.2 Å².